The second-order valence-corrected chi connectivity index (χ2v) is 4.80. The lowest BCUT2D eigenvalue weighted by Crippen LogP contribution is -2.17. The van der Waals surface area contributed by atoms with Gasteiger partial charge in [0, 0.05) is 14.1 Å². The van der Waals surface area contributed by atoms with Crippen LogP contribution < -0.4 is 10.2 Å². The van der Waals surface area contributed by atoms with Gasteiger partial charge in [-0.1, -0.05) is 23.5 Å². The molecule has 0 amide bonds. The van der Waals surface area contributed by atoms with E-state index in [-0.39, 0.29) is 0 Å². The molecule has 1 aromatic heterocycles. The molecule has 0 unspecified atom stereocenters. The van der Waals surface area contributed by atoms with Crippen molar-refractivity contribution in [2.24, 2.45) is 0 Å². The molecule has 0 saturated heterocycles. The third-order valence-electron chi connectivity index (χ3n) is 2.49. The molecule has 2 aromatic rings. The maximum atomic E-state index is 9.06. The van der Waals surface area contributed by atoms with Crippen molar-refractivity contribution in [1.82, 2.24) is 10.2 Å². The number of anilines is 2. The summed E-state index contributed by atoms with van der Waals surface area (Å²) in [5.41, 5.74) is 1.57. The van der Waals surface area contributed by atoms with E-state index >= 15 is 0 Å². The van der Waals surface area contributed by atoms with Gasteiger partial charge < -0.3 is 10.2 Å². The first-order valence-corrected chi connectivity index (χ1v) is 6.26. The molecule has 92 valence electrons. The highest BCUT2D eigenvalue weighted by molar-refractivity contribution is 7.15. The molecular weight excluding hydrogens is 246 g/mol. The summed E-state index contributed by atoms with van der Waals surface area (Å²) < 4.78 is 0. The highest BCUT2D eigenvalue weighted by atomic mass is 32.1. The summed E-state index contributed by atoms with van der Waals surface area (Å²) in [5, 5.41) is 21.8. The van der Waals surface area contributed by atoms with Crippen LogP contribution in [-0.2, 0) is 6.54 Å². The molecule has 0 saturated carbocycles. The highest BCUT2D eigenvalue weighted by Crippen LogP contribution is 2.22. The number of rotatable bonds is 4. The van der Waals surface area contributed by atoms with Crippen LogP contribution in [0.2, 0.25) is 0 Å². The lowest BCUT2D eigenvalue weighted by Gasteiger charge is -2.18. The van der Waals surface area contributed by atoms with E-state index in [9.17, 15) is 0 Å². The summed E-state index contributed by atoms with van der Waals surface area (Å²) in [6.07, 6.45) is 0. The average Bonchev–Trinajstić information content (AvgIpc) is 2.86. The van der Waals surface area contributed by atoms with E-state index in [1.807, 2.05) is 43.3 Å². The molecule has 2 rings (SSSR count). The summed E-state index contributed by atoms with van der Waals surface area (Å²) in [4.78, 5) is 2.00. The van der Waals surface area contributed by atoms with Crippen LogP contribution in [0.15, 0.2) is 24.3 Å². The Labute approximate surface area is 110 Å². The monoisotopic (exact) mass is 259 g/mol. The maximum absolute atomic E-state index is 9.06. The molecule has 1 N–H and O–H groups in total. The molecule has 0 aliphatic heterocycles. The quantitative estimate of drug-likeness (QED) is 0.910. The summed E-state index contributed by atoms with van der Waals surface area (Å²) in [6.45, 7) is 0.637. The van der Waals surface area contributed by atoms with Crippen LogP contribution >= 0.6 is 11.3 Å². The topological polar surface area (TPSA) is 64.8 Å². The van der Waals surface area contributed by atoms with Gasteiger partial charge in [-0.3, -0.25) is 0 Å². The summed E-state index contributed by atoms with van der Waals surface area (Å²) in [5.74, 6) is 0. The van der Waals surface area contributed by atoms with Crippen LogP contribution in [0.3, 0.4) is 0 Å². The van der Waals surface area contributed by atoms with Gasteiger partial charge in [-0.25, -0.2) is 0 Å². The molecule has 0 aliphatic carbocycles. The van der Waals surface area contributed by atoms with E-state index in [4.69, 9.17) is 5.26 Å². The Morgan fingerprint density at radius 2 is 2.17 bits per heavy atom. The van der Waals surface area contributed by atoms with Crippen LogP contribution in [0.25, 0.3) is 0 Å². The first kappa shape index (κ1) is 12.3. The first-order chi connectivity index (χ1) is 8.74. The first-order valence-electron chi connectivity index (χ1n) is 5.45. The zero-order valence-corrected chi connectivity index (χ0v) is 11.0. The van der Waals surface area contributed by atoms with E-state index < -0.39 is 0 Å². The van der Waals surface area contributed by atoms with Gasteiger partial charge in [0.25, 0.3) is 0 Å². The summed E-state index contributed by atoms with van der Waals surface area (Å²) >= 11 is 1.51. The largest absolute Gasteiger partial charge is 0.367 e. The van der Waals surface area contributed by atoms with Crippen molar-refractivity contribution in [3.05, 3.63) is 34.8 Å². The van der Waals surface area contributed by atoms with Gasteiger partial charge in [-0.05, 0) is 12.1 Å². The van der Waals surface area contributed by atoms with Gasteiger partial charge in [-0.2, -0.15) is 5.26 Å². The minimum atomic E-state index is 0.637. The number of nitriles is 1. The number of para-hydroxylation sites is 1. The van der Waals surface area contributed by atoms with Gasteiger partial charge in [0.2, 0.25) is 5.13 Å². The number of nitrogens with zero attached hydrogens (tertiary/aromatic N) is 4. The van der Waals surface area contributed by atoms with Crippen molar-refractivity contribution >= 4 is 22.2 Å². The number of hydrogen-bond donors (Lipinski definition) is 1. The number of nitrogens with one attached hydrogen (secondary N) is 1. The molecule has 0 radical (unpaired) electrons. The molecule has 1 aromatic carbocycles. The van der Waals surface area contributed by atoms with E-state index in [2.05, 4.69) is 21.6 Å². The van der Waals surface area contributed by atoms with Gasteiger partial charge in [0.15, 0.2) is 0 Å². The third kappa shape index (κ3) is 2.57. The van der Waals surface area contributed by atoms with Crippen LogP contribution in [0, 0.1) is 11.3 Å². The SMILES string of the molecule is CNc1nnc(CN(C)c2ccccc2C#N)s1. The second kappa shape index (κ2) is 5.47. The molecule has 0 bridgehead atoms. The predicted octanol–water partition coefficient (Wildman–Crippen LogP) is 2.09. The molecule has 0 spiro atoms. The Morgan fingerprint density at radius 3 is 2.83 bits per heavy atom. The van der Waals surface area contributed by atoms with Gasteiger partial charge in [0.1, 0.15) is 11.1 Å². The Hall–Kier alpha value is -2.13. The fraction of sp³-hybridized carbons (Fsp3) is 0.250. The fourth-order valence-corrected chi connectivity index (χ4v) is 2.35. The van der Waals surface area contributed by atoms with Crippen molar-refractivity contribution in [3.8, 4) is 6.07 Å². The lowest BCUT2D eigenvalue weighted by atomic mass is 10.2. The van der Waals surface area contributed by atoms with Crippen LogP contribution in [0.4, 0.5) is 10.8 Å². The van der Waals surface area contributed by atoms with Gasteiger partial charge in [0.05, 0.1) is 17.8 Å². The Morgan fingerprint density at radius 1 is 1.39 bits per heavy atom. The molecule has 18 heavy (non-hydrogen) atoms. The van der Waals surface area contributed by atoms with Crippen LogP contribution in [0.5, 0.6) is 0 Å². The minimum absolute atomic E-state index is 0.637. The van der Waals surface area contributed by atoms with Gasteiger partial charge >= 0.3 is 0 Å². The minimum Gasteiger partial charge on any atom is -0.367 e. The van der Waals surface area contributed by atoms with Gasteiger partial charge in [-0.15, -0.1) is 10.2 Å². The lowest BCUT2D eigenvalue weighted by molar-refractivity contribution is 0.879. The van der Waals surface area contributed by atoms with Crippen molar-refractivity contribution < 1.29 is 0 Å². The molecule has 1 heterocycles. The number of aromatic nitrogens is 2. The zero-order valence-electron chi connectivity index (χ0n) is 10.2. The maximum Gasteiger partial charge on any atom is 0.205 e. The Kier molecular flexibility index (Phi) is 3.75. The van der Waals surface area contributed by atoms with E-state index in [0.717, 1.165) is 15.8 Å². The molecule has 0 atom stereocenters. The van der Waals surface area contributed by atoms with Crippen molar-refractivity contribution in [3.63, 3.8) is 0 Å². The molecule has 0 aliphatic rings. The molecule has 5 nitrogen and oxygen atoms in total. The van der Waals surface area contributed by atoms with Crippen LogP contribution in [-0.4, -0.2) is 24.3 Å². The zero-order chi connectivity index (χ0) is 13.0. The number of benzene rings is 1. The van der Waals surface area contributed by atoms with E-state index in [0.29, 0.717) is 12.1 Å². The summed E-state index contributed by atoms with van der Waals surface area (Å²) in [6, 6.07) is 9.72. The number of hydrogen-bond acceptors (Lipinski definition) is 6. The average molecular weight is 259 g/mol. The molecule has 0 fully saturated rings. The van der Waals surface area contributed by atoms with Crippen LogP contribution in [0.1, 0.15) is 10.6 Å². The predicted molar refractivity (Wildman–Crippen MR) is 72.7 cm³/mol. The highest BCUT2D eigenvalue weighted by Gasteiger charge is 2.10. The van der Waals surface area contributed by atoms with Crippen molar-refractivity contribution in [2.45, 2.75) is 6.54 Å². The normalized spacial score (nSPS) is 9.83. The summed E-state index contributed by atoms with van der Waals surface area (Å²) in [7, 11) is 3.76. The molecular formula is C12H13N5S. The van der Waals surface area contributed by atoms with Crippen molar-refractivity contribution in [2.75, 3.05) is 24.3 Å². The fourth-order valence-electron chi connectivity index (χ4n) is 1.61. The smallest absolute Gasteiger partial charge is 0.205 e. The third-order valence-corrected chi connectivity index (χ3v) is 3.41. The molecule has 6 heteroatoms. The van der Waals surface area contributed by atoms with Crippen molar-refractivity contribution in [1.29, 1.82) is 5.26 Å². The Balaban J connectivity index is 2.17. The Bertz CT molecular complexity index is 572. The second-order valence-electron chi connectivity index (χ2n) is 3.74. The van der Waals surface area contributed by atoms with E-state index in [1.165, 1.54) is 11.3 Å². The van der Waals surface area contributed by atoms with E-state index in [1.54, 1.807) is 0 Å². The standard InChI is InChI=1S/C12H13N5S/c1-14-12-16-15-11(18-12)8-17(2)10-6-4-3-5-9(10)7-13/h3-6H,8H2,1-2H3,(H,14,16).